The van der Waals surface area contributed by atoms with Gasteiger partial charge < -0.3 is 0 Å². The van der Waals surface area contributed by atoms with Crippen molar-refractivity contribution < 1.29 is 0 Å². The van der Waals surface area contributed by atoms with E-state index in [1.807, 2.05) is 0 Å². The average Bonchev–Trinajstić information content (AvgIpc) is 1.41. The van der Waals surface area contributed by atoms with Gasteiger partial charge in [0.25, 0.3) is 0 Å². The lowest BCUT2D eigenvalue weighted by atomic mass is 12.0. The predicted molar refractivity (Wildman–Crippen MR) is 45.0 cm³/mol. The molecule has 0 nitrogen and oxygen atoms in total. The summed E-state index contributed by atoms with van der Waals surface area (Å²) in [6, 6.07) is 0. The molecule has 0 aromatic rings. The zero-order valence-corrected chi connectivity index (χ0v) is 7.17. The number of hydrogen-bond donors (Lipinski definition) is 0. The Bertz CT molecular complexity index is 13.0. The largest absolute Gasteiger partial charge is 0.197 e. The van der Waals surface area contributed by atoms with Crippen LogP contribution in [0.4, 0.5) is 0 Å². The molecule has 0 atom stereocenters. The van der Waals surface area contributed by atoms with Gasteiger partial charge in [-0.05, 0) is 22.3 Å². The van der Waals surface area contributed by atoms with E-state index in [1.54, 1.807) is 31.4 Å². The summed E-state index contributed by atoms with van der Waals surface area (Å²) in [6.45, 7) is 0. The first-order valence-corrected chi connectivity index (χ1v) is 5.45. The van der Waals surface area contributed by atoms with E-state index in [0.29, 0.717) is 0 Å². The van der Waals surface area contributed by atoms with Crippen LogP contribution in [-0.2, 0) is 0 Å². The first-order valence-electron chi connectivity index (χ1n) is 1.15. The van der Waals surface area contributed by atoms with E-state index in [2.05, 4.69) is 12.5 Å². The molecule has 0 heterocycles. The highest BCUT2D eigenvalue weighted by Crippen LogP contribution is 2.28. The van der Waals surface area contributed by atoms with Crippen LogP contribution in [0.3, 0.4) is 0 Å². The lowest BCUT2D eigenvalue weighted by Gasteiger charge is -1.78. The van der Waals surface area contributed by atoms with E-state index >= 15 is 0 Å². The van der Waals surface area contributed by atoms with Crippen molar-refractivity contribution in [2.75, 3.05) is 12.5 Å². The summed E-state index contributed by atoms with van der Waals surface area (Å²) in [5, 5.41) is 0. The smallest absolute Gasteiger partial charge is 0.00709 e. The Labute approximate surface area is 57.5 Å². The molecule has 0 N–H and O–H groups in total. The van der Waals surface area contributed by atoms with Gasteiger partial charge in [-0.2, -0.15) is 13.5 Å². The second-order valence-corrected chi connectivity index (χ2v) is 4.84. The van der Waals surface area contributed by atoms with Gasteiger partial charge in [-0.1, -0.05) is 21.6 Å². The van der Waals surface area contributed by atoms with Crippen LogP contribution in [0, 0.1) is 0 Å². The quantitative estimate of drug-likeness (QED) is 0.569. The Morgan fingerprint density at radius 2 is 1.33 bits per heavy atom. The van der Waals surface area contributed by atoms with Crippen molar-refractivity contribution in [1.82, 2.24) is 0 Å². The molecule has 0 aliphatic carbocycles. The summed E-state index contributed by atoms with van der Waals surface area (Å²) < 4.78 is 0. The van der Waals surface area contributed by atoms with Crippen LogP contribution < -0.4 is 0 Å². The van der Waals surface area contributed by atoms with E-state index < -0.39 is 0 Å². The number of hydrogen-bond acceptors (Lipinski definition) is 3. The zero-order valence-electron chi connectivity index (χ0n) is 3.72. The van der Waals surface area contributed by atoms with Crippen LogP contribution in [0.5, 0.6) is 0 Å². The van der Waals surface area contributed by atoms with E-state index in [-0.39, 0.29) is 13.5 Å². The molecule has 0 amide bonds. The molecule has 6 heavy (non-hydrogen) atoms. The molecule has 0 saturated heterocycles. The van der Waals surface area contributed by atoms with Crippen molar-refractivity contribution in [2.45, 2.75) is 0 Å². The molecule has 0 saturated carbocycles. The highest BCUT2D eigenvalue weighted by atomic mass is 33.5. The second-order valence-electron chi connectivity index (χ2n) is 0.401. The van der Waals surface area contributed by atoms with Gasteiger partial charge in [0.2, 0.25) is 0 Å². The maximum Gasteiger partial charge on any atom is -0.00709 e. The summed E-state index contributed by atoms with van der Waals surface area (Å²) in [4.78, 5) is 0. The van der Waals surface area contributed by atoms with Gasteiger partial charge in [0, 0.05) is 0 Å². The molecule has 0 aromatic heterocycles. The molecule has 0 fully saturated rings. The minimum atomic E-state index is 0. The third-order valence-electron chi connectivity index (χ3n) is 0.136. The van der Waals surface area contributed by atoms with E-state index in [0.717, 1.165) is 0 Å². The third-order valence-corrected chi connectivity index (χ3v) is 3.67. The van der Waals surface area contributed by atoms with Crippen molar-refractivity contribution in [3.8, 4) is 0 Å². The van der Waals surface area contributed by atoms with E-state index in [4.69, 9.17) is 0 Å². The van der Waals surface area contributed by atoms with Gasteiger partial charge in [0.1, 0.15) is 0 Å². The maximum atomic E-state index is 2.07. The summed E-state index contributed by atoms with van der Waals surface area (Å²) in [5.41, 5.74) is 0. The fourth-order valence-electron chi connectivity index (χ4n) is 0.0680. The van der Waals surface area contributed by atoms with Crippen molar-refractivity contribution in [1.29, 1.82) is 0 Å². The van der Waals surface area contributed by atoms with Crippen LogP contribution in [0.1, 0.15) is 0 Å². The van der Waals surface area contributed by atoms with Crippen LogP contribution in [0.15, 0.2) is 0 Å². The van der Waals surface area contributed by atoms with Gasteiger partial charge in [-0.15, -0.1) is 0 Å². The molecule has 0 rings (SSSR count). The van der Waals surface area contributed by atoms with Gasteiger partial charge in [-0.3, -0.25) is 0 Å². The molecule has 0 bridgehead atoms. The average molecular weight is 160 g/mol. The minimum absolute atomic E-state index is 0. The summed E-state index contributed by atoms with van der Waals surface area (Å²) in [6.07, 6.45) is 4.14. The molecule has 40 valence electrons. The Morgan fingerprint density at radius 3 is 1.33 bits per heavy atom. The lowest BCUT2D eigenvalue weighted by Crippen LogP contribution is -1.30. The molecule has 0 aliphatic rings. The van der Waals surface area contributed by atoms with Gasteiger partial charge in [-0.25, -0.2) is 0 Å². The maximum absolute atomic E-state index is 2.07. The van der Waals surface area contributed by atoms with Gasteiger partial charge in [0.15, 0.2) is 0 Å². The molecular weight excluding hydrogens is 152 g/mol. The monoisotopic (exact) mass is 160 g/mol. The Morgan fingerprint density at radius 1 is 1.00 bits per heavy atom. The normalized spacial score (nSPS) is 7.00. The zero-order chi connectivity index (χ0) is 4.12. The molecule has 0 unspecified atom stereocenters. The van der Waals surface area contributed by atoms with Crippen molar-refractivity contribution in [3.63, 3.8) is 0 Å². The molecule has 0 aliphatic heterocycles. The van der Waals surface area contributed by atoms with Crippen LogP contribution in [0.2, 0.25) is 0 Å². The second kappa shape index (κ2) is 9.64. The van der Waals surface area contributed by atoms with E-state index in [1.165, 1.54) is 0 Å². The molecular formula is C2H8S4. The van der Waals surface area contributed by atoms with Crippen LogP contribution in [0.25, 0.3) is 0 Å². The van der Waals surface area contributed by atoms with Crippen LogP contribution >= 0.6 is 44.9 Å². The van der Waals surface area contributed by atoms with E-state index in [9.17, 15) is 0 Å². The van der Waals surface area contributed by atoms with Crippen molar-refractivity contribution in [2.24, 2.45) is 0 Å². The summed E-state index contributed by atoms with van der Waals surface area (Å²) >= 11 is 0. The highest BCUT2D eigenvalue weighted by Gasteiger charge is 1.68. The summed E-state index contributed by atoms with van der Waals surface area (Å²) in [5.74, 6) is 0. The van der Waals surface area contributed by atoms with Gasteiger partial charge >= 0.3 is 0 Å². The highest BCUT2D eigenvalue weighted by molar-refractivity contribution is 9.09. The minimum Gasteiger partial charge on any atom is -0.197 e. The molecule has 0 radical (unpaired) electrons. The molecule has 0 spiro atoms. The fourth-order valence-corrected chi connectivity index (χ4v) is 1.84. The standard InChI is InChI=1S/C2H6S3.H2S/c1-3-5-4-2;/h1-2H3;1H2. The van der Waals surface area contributed by atoms with Crippen molar-refractivity contribution >= 4 is 44.9 Å². The molecule has 4 heteroatoms. The number of rotatable bonds is 2. The topological polar surface area (TPSA) is 0 Å². The molecule has 0 aromatic carbocycles. The third kappa shape index (κ3) is 9.04. The lowest BCUT2D eigenvalue weighted by molar-refractivity contribution is 2.54. The van der Waals surface area contributed by atoms with Crippen molar-refractivity contribution in [3.05, 3.63) is 0 Å². The first kappa shape index (κ1) is 10.4. The fraction of sp³-hybridized carbons (Fsp3) is 1.00. The Kier molecular flexibility index (Phi) is 16.7. The summed E-state index contributed by atoms with van der Waals surface area (Å²) in [7, 11) is 5.36. The Hall–Kier alpha value is 1.40. The van der Waals surface area contributed by atoms with Gasteiger partial charge in [0.05, 0.1) is 0 Å². The first-order chi connectivity index (χ1) is 2.41. The Balaban J connectivity index is 0. The SMILES string of the molecule is CSSSC.S. The van der Waals surface area contributed by atoms with Crippen LogP contribution in [-0.4, -0.2) is 12.5 Å². The predicted octanol–water partition coefficient (Wildman–Crippen LogP) is 2.39.